The highest BCUT2D eigenvalue weighted by atomic mass is 19.3. The zero-order valence-corrected chi connectivity index (χ0v) is 15.1. The van der Waals surface area contributed by atoms with Gasteiger partial charge in [-0.1, -0.05) is 6.58 Å². The Morgan fingerprint density at radius 1 is 0.963 bits per heavy atom. The van der Waals surface area contributed by atoms with Crippen LogP contribution in [0, 0.1) is 23.2 Å². The van der Waals surface area contributed by atoms with Crippen LogP contribution in [0.1, 0.15) is 38.5 Å². The highest BCUT2D eigenvalue weighted by Crippen LogP contribution is 2.60. The van der Waals surface area contributed by atoms with Crippen molar-refractivity contribution in [2.75, 3.05) is 19.8 Å². The largest absolute Gasteiger partial charge is 0.459 e. The Labute approximate surface area is 156 Å². The van der Waals surface area contributed by atoms with Gasteiger partial charge in [-0.25, -0.2) is 9.59 Å². The van der Waals surface area contributed by atoms with E-state index in [2.05, 4.69) is 16.1 Å². The third-order valence-corrected chi connectivity index (χ3v) is 5.88. The Kier molecular flexibility index (Phi) is 5.53. The minimum atomic E-state index is -3.94. The van der Waals surface area contributed by atoms with Gasteiger partial charge in [0, 0.05) is 6.08 Å². The van der Waals surface area contributed by atoms with Crippen molar-refractivity contribution in [1.82, 2.24) is 0 Å². The number of carbonyl (C=O) groups excluding carboxylic acids is 3. The highest BCUT2D eigenvalue weighted by molar-refractivity contribution is 5.81. The van der Waals surface area contributed by atoms with Crippen molar-refractivity contribution < 1.29 is 37.4 Å². The lowest BCUT2D eigenvalue weighted by molar-refractivity contribution is -0.193. The Balaban J connectivity index is 1.46. The molecule has 0 aliphatic heterocycles. The molecule has 4 saturated carbocycles. The molecule has 6 nitrogen and oxygen atoms in total. The van der Waals surface area contributed by atoms with E-state index >= 15 is 0 Å². The average molecular weight is 386 g/mol. The van der Waals surface area contributed by atoms with Gasteiger partial charge in [0.25, 0.3) is 0 Å². The minimum Gasteiger partial charge on any atom is -0.459 e. The SMILES string of the molecule is C=CC(=O)OCCOC(=O)C(F)(F)COC(=O)C12CC3CC(CC(C3)C1)C2. The Morgan fingerprint density at radius 3 is 2.00 bits per heavy atom. The molecule has 0 aromatic rings. The predicted molar refractivity (Wildman–Crippen MR) is 88.6 cm³/mol. The van der Waals surface area contributed by atoms with Crippen LogP contribution in [0.25, 0.3) is 0 Å². The summed E-state index contributed by atoms with van der Waals surface area (Å²) in [6, 6.07) is 0. The Hall–Kier alpha value is -1.99. The number of esters is 3. The summed E-state index contributed by atoms with van der Waals surface area (Å²) in [5.74, 6) is -5.68. The van der Waals surface area contributed by atoms with Crippen LogP contribution >= 0.6 is 0 Å². The number of carbonyl (C=O) groups is 3. The van der Waals surface area contributed by atoms with Crippen molar-refractivity contribution in [2.24, 2.45) is 23.2 Å². The van der Waals surface area contributed by atoms with E-state index in [4.69, 9.17) is 4.74 Å². The molecule has 4 aliphatic rings. The van der Waals surface area contributed by atoms with E-state index < -0.39 is 42.5 Å². The summed E-state index contributed by atoms with van der Waals surface area (Å²) in [6.45, 7) is 0.958. The molecule has 0 unspecified atom stereocenters. The first-order valence-corrected chi connectivity index (χ1v) is 9.25. The molecule has 150 valence electrons. The first-order valence-electron chi connectivity index (χ1n) is 9.25. The van der Waals surface area contributed by atoms with Gasteiger partial charge in [-0.05, 0) is 56.3 Å². The van der Waals surface area contributed by atoms with Gasteiger partial charge in [-0.15, -0.1) is 0 Å². The van der Waals surface area contributed by atoms with E-state index in [1.165, 1.54) is 0 Å². The fourth-order valence-corrected chi connectivity index (χ4v) is 5.17. The lowest BCUT2D eigenvalue weighted by Gasteiger charge is -2.55. The molecule has 0 N–H and O–H groups in total. The smallest absolute Gasteiger partial charge is 0.380 e. The summed E-state index contributed by atoms with van der Waals surface area (Å²) >= 11 is 0. The van der Waals surface area contributed by atoms with Gasteiger partial charge in [-0.3, -0.25) is 4.79 Å². The van der Waals surface area contributed by atoms with E-state index in [0.29, 0.717) is 37.0 Å². The molecule has 0 atom stereocenters. The summed E-state index contributed by atoms with van der Waals surface area (Å²) in [6.07, 6.45) is 6.34. The van der Waals surface area contributed by atoms with Crippen LogP contribution in [0.2, 0.25) is 0 Å². The molecule has 0 spiro atoms. The van der Waals surface area contributed by atoms with Gasteiger partial charge in [0.2, 0.25) is 0 Å². The number of hydrogen-bond acceptors (Lipinski definition) is 6. The van der Waals surface area contributed by atoms with Crippen LogP contribution in [0.4, 0.5) is 8.78 Å². The fourth-order valence-electron chi connectivity index (χ4n) is 5.17. The maximum absolute atomic E-state index is 13.9. The number of hydrogen-bond donors (Lipinski definition) is 0. The first-order chi connectivity index (χ1) is 12.7. The molecule has 27 heavy (non-hydrogen) atoms. The van der Waals surface area contributed by atoms with Crippen LogP contribution in [0.5, 0.6) is 0 Å². The number of alkyl halides is 2. The Morgan fingerprint density at radius 2 is 1.48 bits per heavy atom. The zero-order chi connectivity index (χ0) is 19.7. The molecule has 0 heterocycles. The zero-order valence-electron chi connectivity index (χ0n) is 15.1. The molecule has 4 aliphatic carbocycles. The molecular weight excluding hydrogens is 362 g/mol. The van der Waals surface area contributed by atoms with Gasteiger partial charge in [0.05, 0.1) is 5.41 Å². The molecule has 0 radical (unpaired) electrons. The molecule has 0 aromatic carbocycles. The standard InChI is InChI=1S/C19H24F2O6/c1-2-15(22)25-3-4-26-17(24)19(20,21)11-27-16(23)18-8-12-5-13(9-18)7-14(6-12)10-18/h2,12-14H,1,3-11H2. The summed E-state index contributed by atoms with van der Waals surface area (Å²) in [5.41, 5.74) is -0.659. The summed E-state index contributed by atoms with van der Waals surface area (Å²) < 4.78 is 41.7. The predicted octanol–water partition coefficient (Wildman–Crippen LogP) is 2.65. The number of rotatable bonds is 8. The molecule has 8 heteroatoms. The molecular formula is C19H24F2O6. The summed E-state index contributed by atoms with van der Waals surface area (Å²) in [4.78, 5) is 34.9. The number of halogens is 2. The highest BCUT2D eigenvalue weighted by Gasteiger charge is 2.56. The molecule has 0 amide bonds. The van der Waals surface area contributed by atoms with E-state index in [1.807, 2.05) is 0 Å². The molecule has 4 fully saturated rings. The maximum Gasteiger partial charge on any atom is 0.380 e. The Bertz CT molecular complexity index is 594. The van der Waals surface area contributed by atoms with E-state index in [-0.39, 0.29) is 6.61 Å². The first kappa shape index (κ1) is 19.8. The van der Waals surface area contributed by atoms with Crippen LogP contribution < -0.4 is 0 Å². The normalized spacial score (nSPS) is 31.3. The lowest BCUT2D eigenvalue weighted by atomic mass is 9.49. The molecule has 0 aromatic heterocycles. The fraction of sp³-hybridized carbons (Fsp3) is 0.737. The van der Waals surface area contributed by atoms with Gasteiger partial charge in [-0.2, -0.15) is 8.78 Å². The second-order valence-corrected chi connectivity index (χ2v) is 7.99. The van der Waals surface area contributed by atoms with Gasteiger partial charge >= 0.3 is 23.8 Å². The average Bonchev–Trinajstić information content (AvgIpc) is 2.61. The number of ether oxygens (including phenoxy) is 3. The second-order valence-electron chi connectivity index (χ2n) is 7.99. The summed E-state index contributed by atoms with van der Waals surface area (Å²) in [7, 11) is 0. The quantitative estimate of drug-likeness (QED) is 0.276. The van der Waals surface area contributed by atoms with Crippen LogP contribution in [-0.2, 0) is 28.6 Å². The third-order valence-electron chi connectivity index (χ3n) is 5.88. The lowest BCUT2D eigenvalue weighted by Crippen LogP contribution is -2.51. The van der Waals surface area contributed by atoms with Gasteiger partial charge in [0.15, 0.2) is 6.61 Å². The van der Waals surface area contributed by atoms with Crippen molar-refractivity contribution >= 4 is 17.9 Å². The van der Waals surface area contributed by atoms with Crippen molar-refractivity contribution in [3.63, 3.8) is 0 Å². The topological polar surface area (TPSA) is 78.9 Å². The maximum atomic E-state index is 13.9. The second kappa shape index (κ2) is 7.56. The monoisotopic (exact) mass is 386 g/mol. The van der Waals surface area contributed by atoms with E-state index in [0.717, 1.165) is 25.3 Å². The van der Waals surface area contributed by atoms with Crippen molar-refractivity contribution in [3.8, 4) is 0 Å². The third kappa shape index (κ3) is 4.30. The van der Waals surface area contributed by atoms with Crippen molar-refractivity contribution in [2.45, 2.75) is 44.4 Å². The molecule has 4 bridgehead atoms. The summed E-state index contributed by atoms with van der Waals surface area (Å²) in [5, 5.41) is 0. The van der Waals surface area contributed by atoms with Crippen LogP contribution in [0.3, 0.4) is 0 Å². The molecule has 0 saturated heterocycles. The minimum absolute atomic E-state index is 0.361. The van der Waals surface area contributed by atoms with Crippen LogP contribution in [0.15, 0.2) is 12.7 Å². The van der Waals surface area contributed by atoms with E-state index in [1.54, 1.807) is 0 Å². The van der Waals surface area contributed by atoms with Crippen molar-refractivity contribution in [1.29, 1.82) is 0 Å². The van der Waals surface area contributed by atoms with Gasteiger partial charge < -0.3 is 14.2 Å². The van der Waals surface area contributed by atoms with Gasteiger partial charge in [0.1, 0.15) is 13.2 Å². The van der Waals surface area contributed by atoms with Crippen LogP contribution in [-0.4, -0.2) is 43.7 Å². The van der Waals surface area contributed by atoms with E-state index in [9.17, 15) is 23.2 Å². The molecule has 4 rings (SSSR count). The van der Waals surface area contributed by atoms with Crippen molar-refractivity contribution in [3.05, 3.63) is 12.7 Å².